The molecule has 5 heteroatoms. The number of carbonyl (C=O) groups excluding carboxylic acids is 1. The highest BCUT2D eigenvalue weighted by atomic mass is 16.4. The number of amides is 2. The van der Waals surface area contributed by atoms with Gasteiger partial charge in [-0.15, -0.1) is 0 Å². The SMILES string of the molecule is CCC(CC(=O)O)NC(=O)Nc1ccccc1. The Balaban J connectivity index is 2.45. The summed E-state index contributed by atoms with van der Waals surface area (Å²) in [6.45, 7) is 1.83. The molecular weight excluding hydrogens is 220 g/mol. The van der Waals surface area contributed by atoms with Crippen molar-refractivity contribution in [2.24, 2.45) is 0 Å². The van der Waals surface area contributed by atoms with E-state index in [0.29, 0.717) is 12.1 Å². The van der Waals surface area contributed by atoms with E-state index in [1.165, 1.54) is 0 Å². The van der Waals surface area contributed by atoms with Crippen LogP contribution < -0.4 is 10.6 Å². The molecule has 0 heterocycles. The van der Waals surface area contributed by atoms with Crippen molar-refractivity contribution >= 4 is 17.7 Å². The van der Waals surface area contributed by atoms with Gasteiger partial charge in [0.05, 0.1) is 6.42 Å². The predicted octanol–water partition coefficient (Wildman–Crippen LogP) is 2.06. The summed E-state index contributed by atoms with van der Waals surface area (Å²) in [6, 6.07) is 8.26. The molecule has 0 spiro atoms. The molecule has 0 fully saturated rings. The summed E-state index contributed by atoms with van der Waals surface area (Å²) in [5.41, 5.74) is 0.676. The summed E-state index contributed by atoms with van der Waals surface area (Å²) >= 11 is 0. The first-order valence-electron chi connectivity index (χ1n) is 5.46. The van der Waals surface area contributed by atoms with Crippen LogP contribution in [0.2, 0.25) is 0 Å². The van der Waals surface area contributed by atoms with Crippen molar-refractivity contribution in [3.05, 3.63) is 30.3 Å². The molecule has 5 nitrogen and oxygen atoms in total. The van der Waals surface area contributed by atoms with Crippen LogP contribution in [0.25, 0.3) is 0 Å². The van der Waals surface area contributed by atoms with E-state index in [1.54, 1.807) is 12.1 Å². The summed E-state index contributed by atoms with van der Waals surface area (Å²) < 4.78 is 0. The predicted molar refractivity (Wildman–Crippen MR) is 64.9 cm³/mol. The third-order valence-corrected chi connectivity index (χ3v) is 2.28. The fourth-order valence-corrected chi connectivity index (χ4v) is 1.38. The Morgan fingerprint density at radius 2 is 1.94 bits per heavy atom. The lowest BCUT2D eigenvalue weighted by Gasteiger charge is -2.15. The number of rotatable bonds is 5. The molecule has 3 N–H and O–H groups in total. The van der Waals surface area contributed by atoms with Gasteiger partial charge < -0.3 is 15.7 Å². The molecule has 92 valence electrons. The van der Waals surface area contributed by atoms with Crippen LogP contribution in [-0.4, -0.2) is 23.1 Å². The van der Waals surface area contributed by atoms with E-state index in [2.05, 4.69) is 10.6 Å². The van der Waals surface area contributed by atoms with Crippen molar-refractivity contribution in [2.75, 3.05) is 5.32 Å². The molecule has 0 aromatic heterocycles. The molecule has 17 heavy (non-hydrogen) atoms. The normalized spacial score (nSPS) is 11.6. The van der Waals surface area contributed by atoms with Crippen LogP contribution in [0.3, 0.4) is 0 Å². The highest BCUT2D eigenvalue weighted by Crippen LogP contribution is 2.05. The molecule has 1 rings (SSSR count). The number of anilines is 1. The molecular formula is C12H16N2O3. The number of nitrogens with one attached hydrogen (secondary N) is 2. The largest absolute Gasteiger partial charge is 0.481 e. The second-order valence-corrected chi connectivity index (χ2v) is 3.67. The Hall–Kier alpha value is -2.04. The second kappa shape index (κ2) is 6.52. The zero-order chi connectivity index (χ0) is 12.7. The topological polar surface area (TPSA) is 78.4 Å². The summed E-state index contributed by atoms with van der Waals surface area (Å²) in [7, 11) is 0. The molecule has 2 amide bonds. The minimum atomic E-state index is -0.920. The van der Waals surface area contributed by atoms with Gasteiger partial charge in [-0.3, -0.25) is 4.79 Å². The Bertz CT molecular complexity index is 379. The van der Waals surface area contributed by atoms with Gasteiger partial charge in [0.2, 0.25) is 0 Å². The third kappa shape index (κ3) is 5.01. The molecule has 1 unspecified atom stereocenters. The van der Waals surface area contributed by atoms with Gasteiger partial charge in [-0.05, 0) is 18.6 Å². The van der Waals surface area contributed by atoms with Crippen molar-refractivity contribution in [3.8, 4) is 0 Å². The molecule has 0 radical (unpaired) electrons. The highest BCUT2D eigenvalue weighted by Gasteiger charge is 2.13. The molecule has 0 aliphatic rings. The average molecular weight is 236 g/mol. The molecule has 1 aromatic rings. The number of urea groups is 1. The maximum absolute atomic E-state index is 11.5. The highest BCUT2D eigenvalue weighted by molar-refractivity contribution is 5.89. The quantitative estimate of drug-likeness (QED) is 0.732. The number of aliphatic carboxylic acids is 1. The average Bonchev–Trinajstić information content (AvgIpc) is 2.28. The number of carbonyl (C=O) groups is 2. The smallest absolute Gasteiger partial charge is 0.319 e. The van der Waals surface area contributed by atoms with E-state index < -0.39 is 5.97 Å². The fraction of sp³-hybridized carbons (Fsp3) is 0.333. The van der Waals surface area contributed by atoms with Crippen LogP contribution in [0.4, 0.5) is 10.5 Å². The molecule has 0 bridgehead atoms. The summed E-state index contributed by atoms with van der Waals surface area (Å²) in [4.78, 5) is 22.1. The number of para-hydroxylation sites is 1. The van der Waals surface area contributed by atoms with Crippen LogP contribution in [0, 0.1) is 0 Å². The van der Waals surface area contributed by atoms with Crippen molar-refractivity contribution in [2.45, 2.75) is 25.8 Å². The molecule has 0 aliphatic carbocycles. The first kappa shape index (κ1) is 13.0. The molecule has 1 atom stereocenters. The minimum absolute atomic E-state index is 0.0707. The van der Waals surface area contributed by atoms with E-state index >= 15 is 0 Å². The molecule has 0 saturated carbocycles. The Kier molecular flexibility index (Phi) is 5.00. The second-order valence-electron chi connectivity index (χ2n) is 3.67. The van der Waals surface area contributed by atoms with E-state index in [1.807, 2.05) is 25.1 Å². The summed E-state index contributed by atoms with van der Waals surface area (Å²) in [5.74, 6) is -0.920. The monoisotopic (exact) mass is 236 g/mol. The minimum Gasteiger partial charge on any atom is -0.481 e. The maximum atomic E-state index is 11.5. The zero-order valence-electron chi connectivity index (χ0n) is 9.64. The summed E-state index contributed by atoms with van der Waals surface area (Å²) in [6.07, 6.45) is 0.507. The van der Waals surface area contributed by atoms with Crippen LogP contribution in [0.15, 0.2) is 30.3 Å². The Labute approximate surface area is 99.8 Å². The van der Waals surface area contributed by atoms with Gasteiger partial charge in [-0.1, -0.05) is 25.1 Å². The van der Waals surface area contributed by atoms with Gasteiger partial charge in [0, 0.05) is 11.7 Å². The third-order valence-electron chi connectivity index (χ3n) is 2.28. The molecule has 1 aromatic carbocycles. The van der Waals surface area contributed by atoms with Gasteiger partial charge in [0.25, 0.3) is 0 Å². The number of carboxylic acids is 1. The van der Waals surface area contributed by atoms with Gasteiger partial charge >= 0.3 is 12.0 Å². The van der Waals surface area contributed by atoms with E-state index in [-0.39, 0.29) is 18.5 Å². The molecule has 0 saturated heterocycles. The van der Waals surface area contributed by atoms with Crippen LogP contribution in [0.5, 0.6) is 0 Å². The Morgan fingerprint density at radius 1 is 1.29 bits per heavy atom. The van der Waals surface area contributed by atoms with Crippen molar-refractivity contribution < 1.29 is 14.7 Å². The van der Waals surface area contributed by atoms with Gasteiger partial charge in [-0.25, -0.2) is 4.79 Å². The van der Waals surface area contributed by atoms with Crippen molar-refractivity contribution in [3.63, 3.8) is 0 Å². The van der Waals surface area contributed by atoms with Crippen molar-refractivity contribution in [1.29, 1.82) is 0 Å². The van der Waals surface area contributed by atoms with E-state index in [4.69, 9.17) is 5.11 Å². The zero-order valence-corrected chi connectivity index (χ0v) is 9.64. The lowest BCUT2D eigenvalue weighted by Crippen LogP contribution is -2.38. The van der Waals surface area contributed by atoms with Crippen LogP contribution in [-0.2, 0) is 4.79 Å². The fourth-order valence-electron chi connectivity index (χ4n) is 1.38. The van der Waals surface area contributed by atoms with Crippen molar-refractivity contribution in [1.82, 2.24) is 5.32 Å². The first-order valence-corrected chi connectivity index (χ1v) is 5.46. The first-order chi connectivity index (χ1) is 8.11. The van der Waals surface area contributed by atoms with Crippen LogP contribution >= 0.6 is 0 Å². The summed E-state index contributed by atoms with van der Waals surface area (Å²) in [5, 5.41) is 13.9. The lowest BCUT2D eigenvalue weighted by molar-refractivity contribution is -0.137. The van der Waals surface area contributed by atoms with Crippen LogP contribution in [0.1, 0.15) is 19.8 Å². The molecule has 0 aliphatic heterocycles. The van der Waals surface area contributed by atoms with Gasteiger partial charge in [-0.2, -0.15) is 0 Å². The number of carboxylic acid groups (broad SMARTS) is 1. The Morgan fingerprint density at radius 3 is 2.47 bits per heavy atom. The van der Waals surface area contributed by atoms with E-state index in [0.717, 1.165) is 0 Å². The lowest BCUT2D eigenvalue weighted by atomic mass is 10.1. The number of hydrogen-bond acceptors (Lipinski definition) is 2. The maximum Gasteiger partial charge on any atom is 0.319 e. The standard InChI is InChI=1S/C12H16N2O3/c1-2-9(8-11(15)16)13-12(17)14-10-6-4-3-5-7-10/h3-7,9H,2,8H2,1H3,(H,15,16)(H2,13,14,17). The van der Waals surface area contributed by atoms with Gasteiger partial charge in [0.1, 0.15) is 0 Å². The number of hydrogen-bond donors (Lipinski definition) is 3. The number of benzene rings is 1. The van der Waals surface area contributed by atoms with Gasteiger partial charge in [0.15, 0.2) is 0 Å². The van der Waals surface area contributed by atoms with E-state index in [9.17, 15) is 9.59 Å².